The molecule has 0 spiro atoms. The number of rotatable bonds is 7. The lowest BCUT2D eigenvalue weighted by molar-refractivity contribution is -0.143. The van der Waals surface area contributed by atoms with Crippen LogP contribution in [0.5, 0.6) is 0 Å². The molecule has 1 saturated heterocycles. The van der Waals surface area contributed by atoms with Gasteiger partial charge in [-0.1, -0.05) is 6.07 Å². The van der Waals surface area contributed by atoms with Crippen LogP contribution in [-0.2, 0) is 22.6 Å². The molecule has 2 atom stereocenters. The van der Waals surface area contributed by atoms with Crippen LogP contribution in [0, 0.1) is 12.7 Å². The maximum atomic E-state index is 14.0. The van der Waals surface area contributed by atoms with Crippen LogP contribution in [0.4, 0.5) is 42.2 Å². The van der Waals surface area contributed by atoms with Crippen LogP contribution in [0.15, 0.2) is 48.7 Å². The van der Waals surface area contributed by atoms with E-state index in [9.17, 15) is 45.7 Å². The number of nitrogens with zero attached hydrogens (tertiary/aromatic N) is 3. The van der Waals surface area contributed by atoms with Crippen molar-refractivity contribution in [2.24, 2.45) is 0 Å². The Hall–Kier alpha value is -3.71. The van der Waals surface area contributed by atoms with Gasteiger partial charge in [0.2, 0.25) is 5.91 Å². The van der Waals surface area contributed by atoms with Gasteiger partial charge in [-0.3, -0.25) is 4.79 Å². The van der Waals surface area contributed by atoms with Gasteiger partial charge >= 0.3 is 12.4 Å². The number of hydrogen-bond acceptors (Lipinski definition) is 5. The first-order valence-electron chi connectivity index (χ1n) is 13.7. The number of aliphatic hydroxyl groups excluding tert-OH is 2. The van der Waals surface area contributed by atoms with E-state index in [1.807, 2.05) is 0 Å². The number of likely N-dealkylation sites (N-methyl/N-ethyl adjacent to an activating group) is 1. The van der Waals surface area contributed by atoms with E-state index >= 15 is 0 Å². The molecule has 44 heavy (non-hydrogen) atoms. The zero-order chi connectivity index (χ0) is 32.8. The molecule has 0 unspecified atom stereocenters. The standard InChI is InChI=1S/C31H32F7N3O3/c1-17-9-21(32)5-8-24(17)25-13-27(41-22(15-42)6-7-23(41)16-43)39-14-26(25)40(4)28(44)29(2,3)18-10-19(30(33,34)35)12-20(11-18)31(36,37)38/h5,8-14,22-23,42-43H,6-7,15-16H2,1-4H3/t22-,23-/m1/s1. The maximum absolute atomic E-state index is 14.0. The van der Waals surface area contributed by atoms with Gasteiger partial charge in [0.05, 0.1) is 53.7 Å². The Balaban J connectivity index is 1.85. The maximum Gasteiger partial charge on any atom is 0.416 e. The van der Waals surface area contributed by atoms with Crippen LogP contribution in [-0.4, -0.2) is 53.4 Å². The summed E-state index contributed by atoms with van der Waals surface area (Å²) in [6.07, 6.45) is -7.69. The average molecular weight is 628 g/mol. The molecule has 2 aromatic carbocycles. The van der Waals surface area contributed by atoms with E-state index in [0.717, 1.165) is 4.90 Å². The fraction of sp³-hybridized carbons (Fsp3) is 0.419. The zero-order valence-corrected chi connectivity index (χ0v) is 24.4. The second-order valence-corrected chi connectivity index (χ2v) is 11.5. The number of aromatic nitrogens is 1. The van der Waals surface area contributed by atoms with Crippen LogP contribution in [0.1, 0.15) is 48.9 Å². The van der Waals surface area contributed by atoms with Crippen molar-refractivity contribution in [3.63, 3.8) is 0 Å². The van der Waals surface area contributed by atoms with E-state index in [4.69, 9.17) is 0 Å². The molecule has 1 aliphatic rings. The Kier molecular flexibility index (Phi) is 9.05. The molecule has 1 fully saturated rings. The molecule has 238 valence electrons. The molecule has 0 bridgehead atoms. The summed E-state index contributed by atoms with van der Waals surface area (Å²) in [5.41, 5.74) is -3.94. The van der Waals surface area contributed by atoms with Crippen LogP contribution in [0.2, 0.25) is 0 Å². The summed E-state index contributed by atoms with van der Waals surface area (Å²) in [7, 11) is 1.32. The Labute approximate surface area is 249 Å². The molecule has 0 radical (unpaired) electrons. The molecule has 13 heteroatoms. The number of benzene rings is 2. The molecule has 0 saturated carbocycles. The highest BCUT2D eigenvalue weighted by Crippen LogP contribution is 2.42. The summed E-state index contributed by atoms with van der Waals surface area (Å²) in [5.74, 6) is -0.989. The van der Waals surface area contributed by atoms with Crippen molar-refractivity contribution in [3.05, 3.63) is 76.7 Å². The summed E-state index contributed by atoms with van der Waals surface area (Å²) >= 11 is 0. The monoisotopic (exact) mass is 627 g/mol. The molecule has 1 aromatic heterocycles. The van der Waals surface area contributed by atoms with Crippen LogP contribution >= 0.6 is 0 Å². The number of alkyl halides is 6. The molecular weight excluding hydrogens is 595 g/mol. The second-order valence-electron chi connectivity index (χ2n) is 11.5. The molecule has 0 aliphatic carbocycles. The van der Waals surface area contributed by atoms with Crippen LogP contribution < -0.4 is 9.80 Å². The minimum atomic E-state index is -5.09. The molecule has 1 aliphatic heterocycles. The van der Waals surface area contributed by atoms with Crippen LogP contribution in [0.25, 0.3) is 11.1 Å². The van der Waals surface area contributed by atoms with Gasteiger partial charge in [-0.05, 0) is 86.7 Å². The first-order valence-corrected chi connectivity index (χ1v) is 13.7. The highest BCUT2D eigenvalue weighted by Gasteiger charge is 2.41. The van der Waals surface area contributed by atoms with Gasteiger partial charge in [-0.15, -0.1) is 0 Å². The number of pyridine rings is 1. The minimum Gasteiger partial charge on any atom is -0.394 e. The van der Waals surface area contributed by atoms with Gasteiger partial charge in [0.15, 0.2) is 0 Å². The molecule has 2 N–H and O–H groups in total. The third kappa shape index (κ3) is 6.39. The predicted octanol–water partition coefficient (Wildman–Crippen LogP) is 6.50. The molecule has 4 rings (SSSR count). The number of aryl methyl sites for hydroxylation is 1. The quantitative estimate of drug-likeness (QED) is 0.293. The summed E-state index contributed by atoms with van der Waals surface area (Å²) in [6.45, 7) is 3.67. The molecule has 1 amide bonds. The molecule has 3 aromatic rings. The van der Waals surface area contributed by atoms with E-state index in [1.54, 1.807) is 17.9 Å². The highest BCUT2D eigenvalue weighted by atomic mass is 19.4. The van der Waals surface area contributed by atoms with E-state index in [0.29, 0.717) is 47.5 Å². The number of aliphatic hydroxyl groups is 2. The van der Waals surface area contributed by atoms with E-state index < -0.39 is 46.2 Å². The molecule has 2 heterocycles. The van der Waals surface area contributed by atoms with Crippen molar-refractivity contribution in [1.82, 2.24) is 4.98 Å². The lowest BCUT2D eigenvalue weighted by Gasteiger charge is -2.33. The summed E-state index contributed by atoms with van der Waals surface area (Å²) < 4.78 is 95.6. The van der Waals surface area contributed by atoms with Crippen molar-refractivity contribution < 1.29 is 45.7 Å². The van der Waals surface area contributed by atoms with E-state index in [2.05, 4.69) is 4.98 Å². The normalized spacial score (nSPS) is 17.7. The number of carbonyl (C=O) groups excluding carboxylic acids is 1. The van der Waals surface area contributed by atoms with Crippen molar-refractivity contribution >= 4 is 17.4 Å². The fourth-order valence-electron chi connectivity index (χ4n) is 5.65. The van der Waals surface area contributed by atoms with Crippen molar-refractivity contribution in [3.8, 4) is 11.1 Å². The highest BCUT2D eigenvalue weighted by molar-refractivity contribution is 6.03. The molecule has 6 nitrogen and oxygen atoms in total. The number of halogens is 7. The van der Waals surface area contributed by atoms with Gasteiger partial charge in [-0.25, -0.2) is 9.37 Å². The van der Waals surface area contributed by atoms with E-state index in [1.165, 1.54) is 45.3 Å². The first kappa shape index (κ1) is 33.2. The first-order chi connectivity index (χ1) is 20.4. The summed E-state index contributed by atoms with van der Waals surface area (Å²) in [5, 5.41) is 19.9. The van der Waals surface area contributed by atoms with Gasteiger partial charge in [0.25, 0.3) is 0 Å². The summed E-state index contributed by atoms with van der Waals surface area (Å²) in [4.78, 5) is 21.3. The number of carbonyl (C=O) groups is 1. The van der Waals surface area contributed by atoms with Crippen molar-refractivity contribution in [1.29, 1.82) is 0 Å². The SMILES string of the molecule is Cc1cc(F)ccc1-c1cc(N2[C@@H](CO)CC[C@@H]2CO)ncc1N(C)C(=O)C(C)(C)c1cc(C(F)(F)F)cc(C(F)(F)F)c1. The lowest BCUT2D eigenvalue weighted by atomic mass is 9.81. The van der Waals surface area contributed by atoms with E-state index in [-0.39, 0.29) is 37.1 Å². The lowest BCUT2D eigenvalue weighted by Crippen LogP contribution is -2.42. The minimum absolute atomic E-state index is 0.00345. The summed E-state index contributed by atoms with van der Waals surface area (Å²) in [6, 6.07) is 5.94. The Morgan fingerprint density at radius 2 is 1.41 bits per heavy atom. The third-order valence-corrected chi connectivity index (χ3v) is 8.16. The van der Waals surface area contributed by atoms with Gasteiger partial charge < -0.3 is 20.0 Å². The number of amides is 1. The Morgan fingerprint density at radius 1 is 0.886 bits per heavy atom. The largest absolute Gasteiger partial charge is 0.416 e. The Bertz CT molecular complexity index is 1490. The van der Waals surface area contributed by atoms with Crippen molar-refractivity contribution in [2.75, 3.05) is 30.1 Å². The second kappa shape index (κ2) is 12.0. The topological polar surface area (TPSA) is 76.9 Å². The van der Waals surface area contributed by atoms with Gasteiger partial charge in [0, 0.05) is 12.6 Å². The number of hydrogen-bond donors (Lipinski definition) is 2. The molecular formula is C31H32F7N3O3. The zero-order valence-electron chi connectivity index (χ0n) is 24.4. The average Bonchev–Trinajstić information content (AvgIpc) is 3.38. The Morgan fingerprint density at radius 3 is 1.89 bits per heavy atom. The van der Waals surface area contributed by atoms with Crippen LogP contribution in [0.3, 0.4) is 0 Å². The van der Waals surface area contributed by atoms with Gasteiger partial charge in [-0.2, -0.15) is 26.3 Å². The number of anilines is 2. The van der Waals surface area contributed by atoms with Gasteiger partial charge in [0.1, 0.15) is 11.6 Å². The third-order valence-electron chi connectivity index (χ3n) is 8.16. The smallest absolute Gasteiger partial charge is 0.394 e. The van der Waals surface area contributed by atoms with Crippen molar-refractivity contribution in [2.45, 2.75) is 63.5 Å². The predicted molar refractivity (Wildman–Crippen MR) is 151 cm³/mol. The fourth-order valence-corrected chi connectivity index (χ4v) is 5.65.